The number of rotatable bonds is 4. The number of hydrogen-bond donors (Lipinski definition) is 2. The molecule has 126 valence electrons. The van der Waals surface area contributed by atoms with Crippen LogP contribution in [0.25, 0.3) is 0 Å². The van der Waals surface area contributed by atoms with Crippen molar-refractivity contribution in [2.24, 2.45) is 0 Å². The number of anilines is 1. The predicted octanol–water partition coefficient (Wildman–Crippen LogP) is 2.97. The van der Waals surface area contributed by atoms with Gasteiger partial charge in [-0.1, -0.05) is 29.8 Å². The number of hydrogen-bond acceptors (Lipinski definition) is 3. The molecule has 6 heteroatoms. The lowest BCUT2D eigenvalue weighted by atomic mass is 10.1. The summed E-state index contributed by atoms with van der Waals surface area (Å²) in [4.78, 5) is 29.5. The van der Waals surface area contributed by atoms with Crippen LogP contribution < -0.4 is 10.6 Å². The van der Waals surface area contributed by atoms with Gasteiger partial charge in [0, 0.05) is 26.0 Å². The first-order valence-corrected chi connectivity index (χ1v) is 7.68. The lowest BCUT2D eigenvalue weighted by Gasteiger charge is -2.16. The SMILES string of the molecule is Cc1ccc([C@H](C)NC(=O)Nc2ccnc(C(=O)N(C)C)c2)cc1. The molecule has 2 rings (SSSR count). The van der Waals surface area contributed by atoms with Gasteiger partial charge in [0.1, 0.15) is 5.69 Å². The summed E-state index contributed by atoms with van der Waals surface area (Å²) >= 11 is 0. The van der Waals surface area contributed by atoms with E-state index in [1.165, 1.54) is 16.7 Å². The molecule has 0 aliphatic rings. The number of nitrogens with zero attached hydrogens (tertiary/aromatic N) is 2. The van der Waals surface area contributed by atoms with Gasteiger partial charge in [-0.3, -0.25) is 9.78 Å². The minimum atomic E-state index is -0.336. The fourth-order valence-corrected chi connectivity index (χ4v) is 2.16. The van der Waals surface area contributed by atoms with Gasteiger partial charge in [-0.25, -0.2) is 4.79 Å². The molecule has 3 amide bonds. The van der Waals surface area contributed by atoms with E-state index in [-0.39, 0.29) is 23.7 Å². The Morgan fingerprint density at radius 2 is 1.79 bits per heavy atom. The first-order chi connectivity index (χ1) is 11.4. The summed E-state index contributed by atoms with van der Waals surface area (Å²) in [7, 11) is 3.31. The summed E-state index contributed by atoms with van der Waals surface area (Å²) in [6, 6.07) is 10.7. The third-order valence-corrected chi connectivity index (χ3v) is 3.57. The predicted molar refractivity (Wildman–Crippen MR) is 94.0 cm³/mol. The second kappa shape index (κ2) is 7.59. The van der Waals surface area contributed by atoms with Crippen LogP contribution in [0, 0.1) is 6.92 Å². The molecule has 0 spiro atoms. The number of urea groups is 1. The van der Waals surface area contributed by atoms with E-state index in [1.807, 2.05) is 38.1 Å². The van der Waals surface area contributed by atoms with Crippen molar-refractivity contribution >= 4 is 17.6 Å². The van der Waals surface area contributed by atoms with Gasteiger partial charge in [-0.2, -0.15) is 0 Å². The zero-order valence-corrected chi connectivity index (χ0v) is 14.3. The Morgan fingerprint density at radius 3 is 2.42 bits per heavy atom. The molecule has 0 aliphatic heterocycles. The maximum absolute atomic E-state index is 12.1. The highest BCUT2D eigenvalue weighted by Crippen LogP contribution is 2.14. The second-order valence-electron chi connectivity index (χ2n) is 5.86. The summed E-state index contributed by atoms with van der Waals surface area (Å²) in [5.74, 6) is -0.216. The van der Waals surface area contributed by atoms with Crippen LogP contribution in [0.2, 0.25) is 0 Å². The number of amides is 3. The molecule has 1 heterocycles. The molecule has 0 aliphatic carbocycles. The van der Waals surface area contributed by atoms with E-state index in [0.29, 0.717) is 5.69 Å². The molecular formula is C18H22N4O2. The highest BCUT2D eigenvalue weighted by atomic mass is 16.2. The molecule has 0 radical (unpaired) electrons. The minimum absolute atomic E-state index is 0.129. The van der Waals surface area contributed by atoms with Crippen LogP contribution in [0.5, 0.6) is 0 Å². The molecule has 1 aromatic heterocycles. The Balaban J connectivity index is 2.00. The third kappa shape index (κ3) is 4.55. The Labute approximate surface area is 141 Å². The van der Waals surface area contributed by atoms with Gasteiger partial charge >= 0.3 is 6.03 Å². The van der Waals surface area contributed by atoms with Gasteiger partial charge in [-0.15, -0.1) is 0 Å². The molecule has 2 aromatic rings. The van der Waals surface area contributed by atoms with Crippen LogP contribution in [0.1, 0.15) is 34.6 Å². The highest BCUT2D eigenvalue weighted by Gasteiger charge is 2.12. The van der Waals surface area contributed by atoms with Gasteiger partial charge in [0.2, 0.25) is 0 Å². The molecule has 1 atom stereocenters. The van der Waals surface area contributed by atoms with Crippen LogP contribution in [0.3, 0.4) is 0 Å². The topological polar surface area (TPSA) is 74.3 Å². The molecule has 0 bridgehead atoms. The zero-order chi connectivity index (χ0) is 17.7. The van der Waals surface area contributed by atoms with Crippen molar-refractivity contribution in [2.45, 2.75) is 19.9 Å². The fraction of sp³-hybridized carbons (Fsp3) is 0.278. The monoisotopic (exact) mass is 326 g/mol. The highest BCUT2D eigenvalue weighted by molar-refractivity contribution is 5.95. The van der Waals surface area contributed by atoms with Gasteiger partial charge < -0.3 is 15.5 Å². The van der Waals surface area contributed by atoms with E-state index in [4.69, 9.17) is 0 Å². The van der Waals surface area contributed by atoms with Crippen molar-refractivity contribution in [3.05, 3.63) is 59.4 Å². The quantitative estimate of drug-likeness (QED) is 0.907. The lowest BCUT2D eigenvalue weighted by molar-refractivity contribution is 0.0822. The van der Waals surface area contributed by atoms with Gasteiger partial charge in [0.05, 0.1) is 6.04 Å². The summed E-state index contributed by atoms with van der Waals surface area (Å²) in [6.07, 6.45) is 1.50. The molecule has 24 heavy (non-hydrogen) atoms. The number of carbonyl (C=O) groups is 2. The van der Waals surface area contributed by atoms with Gasteiger partial charge in [0.25, 0.3) is 5.91 Å². The Kier molecular flexibility index (Phi) is 5.52. The van der Waals surface area contributed by atoms with Crippen LogP contribution in [-0.2, 0) is 0 Å². The van der Waals surface area contributed by atoms with E-state index in [9.17, 15) is 9.59 Å². The van der Waals surface area contributed by atoms with Crippen molar-refractivity contribution < 1.29 is 9.59 Å². The van der Waals surface area contributed by atoms with Crippen molar-refractivity contribution in [1.82, 2.24) is 15.2 Å². The van der Waals surface area contributed by atoms with E-state index in [2.05, 4.69) is 15.6 Å². The smallest absolute Gasteiger partial charge is 0.319 e. The molecule has 2 N–H and O–H groups in total. The van der Waals surface area contributed by atoms with Gasteiger partial charge in [0.15, 0.2) is 0 Å². The van der Waals surface area contributed by atoms with Crippen molar-refractivity contribution in [3.8, 4) is 0 Å². The van der Waals surface area contributed by atoms with Crippen molar-refractivity contribution in [3.63, 3.8) is 0 Å². The maximum Gasteiger partial charge on any atom is 0.319 e. The van der Waals surface area contributed by atoms with E-state index in [1.54, 1.807) is 26.2 Å². The number of aromatic nitrogens is 1. The van der Waals surface area contributed by atoms with E-state index >= 15 is 0 Å². The number of nitrogens with one attached hydrogen (secondary N) is 2. The third-order valence-electron chi connectivity index (χ3n) is 3.57. The normalized spacial score (nSPS) is 11.5. The summed E-state index contributed by atoms with van der Waals surface area (Å²) in [5, 5.41) is 5.60. The number of carbonyl (C=O) groups excluding carboxylic acids is 2. The summed E-state index contributed by atoms with van der Waals surface area (Å²) in [5.41, 5.74) is 2.99. The first kappa shape index (κ1) is 17.5. The van der Waals surface area contributed by atoms with E-state index < -0.39 is 0 Å². The summed E-state index contributed by atoms with van der Waals surface area (Å²) in [6.45, 7) is 3.93. The molecule has 6 nitrogen and oxygen atoms in total. The molecule has 0 fully saturated rings. The van der Waals surface area contributed by atoms with Crippen molar-refractivity contribution in [1.29, 1.82) is 0 Å². The van der Waals surface area contributed by atoms with E-state index in [0.717, 1.165) is 5.56 Å². The largest absolute Gasteiger partial charge is 0.343 e. The minimum Gasteiger partial charge on any atom is -0.343 e. The average molecular weight is 326 g/mol. The molecule has 0 unspecified atom stereocenters. The van der Waals surface area contributed by atoms with Crippen molar-refractivity contribution in [2.75, 3.05) is 19.4 Å². The van der Waals surface area contributed by atoms with Crippen LogP contribution >= 0.6 is 0 Å². The first-order valence-electron chi connectivity index (χ1n) is 7.68. The number of benzene rings is 1. The zero-order valence-electron chi connectivity index (χ0n) is 14.3. The molecule has 0 saturated carbocycles. The standard InChI is InChI=1S/C18H22N4O2/c1-12-5-7-14(8-6-12)13(2)20-18(24)21-15-9-10-19-16(11-15)17(23)22(3)4/h5-11,13H,1-4H3,(H2,19,20,21,24)/t13-/m0/s1. The Hall–Kier alpha value is -2.89. The Morgan fingerprint density at radius 1 is 1.12 bits per heavy atom. The Bertz CT molecular complexity index is 726. The molecular weight excluding hydrogens is 304 g/mol. The molecule has 0 saturated heterocycles. The number of aryl methyl sites for hydroxylation is 1. The average Bonchev–Trinajstić information content (AvgIpc) is 2.54. The maximum atomic E-state index is 12.1. The van der Waals surface area contributed by atoms with Crippen LogP contribution in [0.15, 0.2) is 42.6 Å². The van der Waals surface area contributed by atoms with Crippen LogP contribution in [-0.4, -0.2) is 35.9 Å². The molecule has 1 aromatic carbocycles. The number of pyridine rings is 1. The second-order valence-corrected chi connectivity index (χ2v) is 5.86. The summed E-state index contributed by atoms with van der Waals surface area (Å²) < 4.78 is 0. The lowest BCUT2D eigenvalue weighted by Crippen LogP contribution is -2.31. The van der Waals surface area contributed by atoms with Gasteiger partial charge in [-0.05, 0) is 31.5 Å². The van der Waals surface area contributed by atoms with Crippen LogP contribution in [0.4, 0.5) is 10.5 Å². The fourth-order valence-electron chi connectivity index (χ4n) is 2.16.